The lowest BCUT2D eigenvalue weighted by Gasteiger charge is -2.21. The fraction of sp³-hybridized carbons (Fsp3) is 0.450. The molecular weight excluding hydrogens is 326 g/mol. The van der Waals surface area contributed by atoms with Crippen molar-refractivity contribution in [3.63, 3.8) is 0 Å². The van der Waals surface area contributed by atoms with Crippen LogP contribution in [0.5, 0.6) is 0 Å². The molecule has 1 aromatic carbocycles. The van der Waals surface area contributed by atoms with E-state index in [1.165, 1.54) is 0 Å². The first-order valence-corrected chi connectivity index (χ1v) is 9.02. The van der Waals surface area contributed by atoms with Crippen molar-refractivity contribution in [3.8, 4) is 0 Å². The van der Waals surface area contributed by atoms with Crippen molar-refractivity contribution in [1.82, 2.24) is 9.97 Å². The van der Waals surface area contributed by atoms with Crippen molar-refractivity contribution in [1.29, 1.82) is 0 Å². The lowest BCUT2D eigenvalue weighted by molar-refractivity contribution is 0.102. The predicted octanol–water partition coefficient (Wildman–Crippen LogP) is 4.09. The van der Waals surface area contributed by atoms with Gasteiger partial charge in [0.25, 0.3) is 5.91 Å². The minimum atomic E-state index is -0.247. The van der Waals surface area contributed by atoms with Crippen LogP contribution in [0.3, 0.4) is 0 Å². The average Bonchev–Trinajstić information content (AvgIpc) is 2.55. The van der Waals surface area contributed by atoms with Gasteiger partial charge in [0.1, 0.15) is 5.69 Å². The lowest BCUT2D eigenvalue weighted by atomic mass is 10.1. The van der Waals surface area contributed by atoms with Gasteiger partial charge < -0.3 is 15.5 Å². The summed E-state index contributed by atoms with van der Waals surface area (Å²) in [4.78, 5) is 23.5. The van der Waals surface area contributed by atoms with Gasteiger partial charge in [-0.2, -0.15) is 0 Å². The number of benzene rings is 1. The Balaban J connectivity index is 2.14. The molecule has 0 unspecified atom stereocenters. The summed E-state index contributed by atoms with van der Waals surface area (Å²) in [6.07, 6.45) is 0. The highest BCUT2D eigenvalue weighted by atomic mass is 16.1. The zero-order chi connectivity index (χ0) is 19.3. The van der Waals surface area contributed by atoms with Crippen molar-refractivity contribution >= 4 is 23.2 Å². The van der Waals surface area contributed by atoms with Crippen molar-refractivity contribution in [2.24, 2.45) is 0 Å². The maximum Gasteiger partial charge on any atom is 0.274 e. The summed E-state index contributed by atoms with van der Waals surface area (Å²) < 4.78 is 0. The number of carbonyl (C=O) groups excluding carboxylic acids is 1. The highest BCUT2D eigenvalue weighted by Gasteiger charge is 2.15. The van der Waals surface area contributed by atoms with Crippen LogP contribution in [0.25, 0.3) is 0 Å². The number of rotatable bonds is 6. The molecule has 0 fully saturated rings. The Labute approximate surface area is 156 Å². The van der Waals surface area contributed by atoms with Gasteiger partial charge in [-0.15, -0.1) is 0 Å². The second-order valence-corrected chi connectivity index (χ2v) is 7.27. The Bertz CT molecular complexity index is 746. The van der Waals surface area contributed by atoms with Crippen LogP contribution in [-0.2, 0) is 0 Å². The van der Waals surface area contributed by atoms with Crippen LogP contribution in [-0.4, -0.2) is 34.5 Å². The molecule has 6 heteroatoms. The minimum absolute atomic E-state index is 0.179. The van der Waals surface area contributed by atoms with E-state index < -0.39 is 0 Å². The van der Waals surface area contributed by atoms with Gasteiger partial charge in [0.2, 0.25) is 5.95 Å². The van der Waals surface area contributed by atoms with Gasteiger partial charge in [0, 0.05) is 35.7 Å². The molecule has 1 amide bonds. The number of hydrogen-bond acceptors (Lipinski definition) is 5. The Morgan fingerprint density at radius 3 is 2.23 bits per heavy atom. The molecule has 6 nitrogen and oxygen atoms in total. The average molecular weight is 355 g/mol. The number of nitrogens with one attached hydrogen (secondary N) is 2. The number of nitrogens with zero attached hydrogens (tertiary/aromatic N) is 3. The number of aromatic nitrogens is 2. The van der Waals surface area contributed by atoms with E-state index >= 15 is 0 Å². The number of carbonyl (C=O) groups is 1. The fourth-order valence-electron chi connectivity index (χ4n) is 2.62. The molecule has 0 aliphatic carbocycles. The highest BCUT2D eigenvalue weighted by molar-refractivity contribution is 6.03. The molecule has 2 N–H and O–H groups in total. The molecule has 0 aliphatic heterocycles. The van der Waals surface area contributed by atoms with Crippen molar-refractivity contribution in [2.75, 3.05) is 28.6 Å². The number of hydrogen-bond donors (Lipinski definition) is 2. The van der Waals surface area contributed by atoms with E-state index in [1.807, 2.05) is 52.0 Å². The third-order valence-electron chi connectivity index (χ3n) is 3.83. The zero-order valence-corrected chi connectivity index (χ0v) is 16.6. The minimum Gasteiger partial charge on any atom is -0.372 e. The summed E-state index contributed by atoms with van der Waals surface area (Å²) in [6.45, 7) is 14.1. The number of anilines is 3. The van der Waals surface area contributed by atoms with Gasteiger partial charge in [-0.1, -0.05) is 0 Å². The van der Waals surface area contributed by atoms with Crippen LogP contribution in [0.4, 0.5) is 17.3 Å². The molecule has 2 aromatic rings. The van der Waals surface area contributed by atoms with Crippen LogP contribution < -0.4 is 15.5 Å². The van der Waals surface area contributed by atoms with E-state index in [2.05, 4.69) is 39.3 Å². The maximum atomic E-state index is 12.6. The summed E-state index contributed by atoms with van der Waals surface area (Å²) >= 11 is 0. The van der Waals surface area contributed by atoms with Crippen molar-refractivity contribution in [3.05, 3.63) is 41.7 Å². The smallest absolute Gasteiger partial charge is 0.274 e. The monoisotopic (exact) mass is 355 g/mol. The standard InChI is InChI=1S/C20H29N5O/c1-7-25(8-2)16-11-9-15(10-12-16)22-18(26)17-13-14(3)21-19(23-17)24-20(4,5)6/h9-13H,7-8H2,1-6H3,(H,22,26)(H,21,23,24). The molecule has 1 aromatic heterocycles. The molecule has 2 rings (SSSR count). The molecule has 0 aliphatic rings. The van der Waals surface area contributed by atoms with E-state index in [0.717, 1.165) is 30.2 Å². The van der Waals surface area contributed by atoms with Crippen LogP contribution in [0.1, 0.15) is 50.8 Å². The first kappa shape index (κ1) is 19.7. The van der Waals surface area contributed by atoms with E-state index in [0.29, 0.717) is 11.6 Å². The van der Waals surface area contributed by atoms with Crippen molar-refractivity contribution < 1.29 is 4.79 Å². The first-order chi connectivity index (χ1) is 12.2. The van der Waals surface area contributed by atoms with E-state index in [4.69, 9.17) is 0 Å². The molecule has 0 bridgehead atoms. The maximum absolute atomic E-state index is 12.6. The third-order valence-corrected chi connectivity index (χ3v) is 3.83. The second kappa shape index (κ2) is 8.17. The topological polar surface area (TPSA) is 70.2 Å². The Morgan fingerprint density at radius 2 is 1.69 bits per heavy atom. The van der Waals surface area contributed by atoms with Gasteiger partial charge in [-0.3, -0.25) is 4.79 Å². The molecule has 0 spiro atoms. The summed E-state index contributed by atoms with van der Waals surface area (Å²) in [6, 6.07) is 9.54. The molecule has 26 heavy (non-hydrogen) atoms. The molecular formula is C20H29N5O. The molecule has 0 saturated heterocycles. The largest absolute Gasteiger partial charge is 0.372 e. The lowest BCUT2D eigenvalue weighted by Crippen LogP contribution is -2.28. The van der Waals surface area contributed by atoms with Gasteiger partial charge in [-0.25, -0.2) is 9.97 Å². The van der Waals surface area contributed by atoms with Crippen LogP contribution >= 0.6 is 0 Å². The summed E-state index contributed by atoms with van der Waals surface area (Å²) in [5.41, 5.74) is 2.79. The van der Waals surface area contributed by atoms with Crippen molar-refractivity contribution in [2.45, 2.75) is 47.1 Å². The quantitative estimate of drug-likeness (QED) is 0.816. The van der Waals surface area contributed by atoms with E-state index in [-0.39, 0.29) is 11.4 Å². The highest BCUT2D eigenvalue weighted by Crippen LogP contribution is 2.18. The fourth-order valence-corrected chi connectivity index (χ4v) is 2.62. The molecule has 1 heterocycles. The number of aryl methyl sites for hydroxylation is 1. The summed E-state index contributed by atoms with van der Waals surface area (Å²) in [5, 5.41) is 6.11. The number of amides is 1. The molecule has 0 atom stereocenters. The van der Waals surface area contributed by atoms with E-state index in [9.17, 15) is 4.79 Å². The van der Waals surface area contributed by atoms with Gasteiger partial charge in [0.15, 0.2) is 0 Å². The summed E-state index contributed by atoms with van der Waals surface area (Å²) in [7, 11) is 0. The molecule has 0 saturated carbocycles. The van der Waals surface area contributed by atoms with Gasteiger partial charge >= 0.3 is 0 Å². The predicted molar refractivity (Wildman–Crippen MR) is 108 cm³/mol. The Hall–Kier alpha value is -2.63. The summed E-state index contributed by atoms with van der Waals surface area (Å²) in [5.74, 6) is 0.211. The van der Waals surface area contributed by atoms with Gasteiger partial charge in [-0.05, 0) is 71.9 Å². The second-order valence-electron chi connectivity index (χ2n) is 7.27. The van der Waals surface area contributed by atoms with Gasteiger partial charge in [0.05, 0.1) is 0 Å². The molecule has 0 radical (unpaired) electrons. The van der Waals surface area contributed by atoms with Crippen LogP contribution in [0, 0.1) is 6.92 Å². The zero-order valence-electron chi connectivity index (χ0n) is 16.6. The Kier molecular flexibility index (Phi) is 6.18. The SMILES string of the molecule is CCN(CC)c1ccc(NC(=O)c2cc(C)nc(NC(C)(C)C)n2)cc1. The van der Waals surface area contributed by atoms with E-state index in [1.54, 1.807) is 6.07 Å². The Morgan fingerprint density at radius 1 is 1.08 bits per heavy atom. The third kappa shape index (κ3) is 5.44. The van der Waals surface area contributed by atoms with Crippen LogP contribution in [0.2, 0.25) is 0 Å². The van der Waals surface area contributed by atoms with Crippen LogP contribution in [0.15, 0.2) is 30.3 Å². The normalized spacial score (nSPS) is 11.2. The first-order valence-electron chi connectivity index (χ1n) is 9.02. The molecule has 140 valence electrons.